The quantitative estimate of drug-likeness (QED) is 0.334. The summed E-state index contributed by atoms with van der Waals surface area (Å²) in [4.78, 5) is 21.3. The van der Waals surface area contributed by atoms with Crippen molar-refractivity contribution in [2.24, 2.45) is 0 Å². The van der Waals surface area contributed by atoms with Crippen molar-refractivity contribution in [3.8, 4) is 0 Å². The summed E-state index contributed by atoms with van der Waals surface area (Å²) < 4.78 is 138. The average molecular weight is 478 g/mol. The Morgan fingerprint density at radius 1 is 0.792 bits per heavy atom. The fourth-order valence-electron chi connectivity index (χ4n) is 1.02. The van der Waals surface area contributed by atoms with E-state index in [1.54, 1.807) is 0 Å². The minimum absolute atomic E-state index is 0. The standard InChI is InChI=1S/C9H5F11O3.Ag/c1-3(21)2-4(22)5(10,7(13,14)15)23-9(19,20)6(11,12)8(16,17)18;/h2H2,1H3;. The molecule has 15 heteroatoms. The number of halogens is 11. The Morgan fingerprint density at radius 3 is 1.42 bits per heavy atom. The third-order valence-corrected chi connectivity index (χ3v) is 2.12. The molecule has 0 saturated carbocycles. The summed E-state index contributed by atoms with van der Waals surface area (Å²) in [7, 11) is 0. The van der Waals surface area contributed by atoms with Gasteiger partial charge in [-0.1, -0.05) is 0 Å². The number of rotatable bonds is 6. The Labute approximate surface area is 141 Å². The van der Waals surface area contributed by atoms with Crippen LogP contribution in [-0.4, -0.2) is 41.8 Å². The van der Waals surface area contributed by atoms with Crippen molar-refractivity contribution in [1.82, 2.24) is 0 Å². The van der Waals surface area contributed by atoms with Crippen molar-refractivity contribution >= 4 is 11.6 Å². The minimum atomic E-state index is -7.25. The van der Waals surface area contributed by atoms with E-state index in [-0.39, 0.29) is 22.4 Å². The molecule has 0 aliphatic heterocycles. The van der Waals surface area contributed by atoms with Crippen molar-refractivity contribution < 1.29 is 85.0 Å². The molecule has 3 nitrogen and oxygen atoms in total. The van der Waals surface area contributed by atoms with Crippen LogP contribution < -0.4 is 0 Å². The number of hydrogen-bond acceptors (Lipinski definition) is 3. The molecule has 1 radical (unpaired) electrons. The predicted octanol–water partition coefficient (Wildman–Crippen LogP) is 3.57. The third-order valence-electron chi connectivity index (χ3n) is 2.12. The average Bonchev–Trinajstić information content (AvgIpc) is 2.23. The first kappa shape index (κ1) is 25.5. The van der Waals surface area contributed by atoms with E-state index in [2.05, 4.69) is 0 Å². The fourth-order valence-corrected chi connectivity index (χ4v) is 1.02. The molecule has 0 aliphatic carbocycles. The molecule has 147 valence electrons. The zero-order chi connectivity index (χ0) is 19.1. The molecule has 0 heterocycles. The number of Topliss-reactive ketones (excluding diaryl/α,β-unsaturated/α-hetero) is 2. The van der Waals surface area contributed by atoms with Crippen LogP contribution in [0, 0.1) is 0 Å². The zero-order valence-corrected chi connectivity index (χ0v) is 12.4. The molecule has 0 aromatic carbocycles. The molecule has 0 bridgehead atoms. The van der Waals surface area contributed by atoms with Crippen molar-refractivity contribution in [3.05, 3.63) is 0 Å². The summed E-state index contributed by atoms with van der Waals surface area (Å²) in [5.41, 5.74) is 0. The topological polar surface area (TPSA) is 43.4 Å². The van der Waals surface area contributed by atoms with Crippen LogP contribution in [0.1, 0.15) is 13.3 Å². The summed E-state index contributed by atoms with van der Waals surface area (Å²) in [5.74, 6) is -18.1. The van der Waals surface area contributed by atoms with Gasteiger partial charge in [-0.2, -0.15) is 48.3 Å². The van der Waals surface area contributed by atoms with E-state index in [1.165, 1.54) is 0 Å². The van der Waals surface area contributed by atoms with E-state index in [0.717, 1.165) is 0 Å². The van der Waals surface area contributed by atoms with Gasteiger partial charge in [0, 0.05) is 22.4 Å². The van der Waals surface area contributed by atoms with Gasteiger partial charge in [-0.25, -0.2) is 0 Å². The van der Waals surface area contributed by atoms with E-state index in [0.29, 0.717) is 6.92 Å². The Morgan fingerprint density at radius 2 is 1.17 bits per heavy atom. The van der Waals surface area contributed by atoms with Crippen molar-refractivity contribution in [2.45, 2.75) is 43.6 Å². The normalized spacial score (nSPS) is 16.2. The molecular formula is C9H5AgF11O3. The smallest absolute Gasteiger partial charge is 0.300 e. The van der Waals surface area contributed by atoms with E-state index < -0.39 is 48.2 Å². The number of hydrogen-bond donors (Lipinski definition) is 0. The Kier molecular flexibility index (Phi) is 7.71. The maximum atomic E-state index is 13.4. The van der Waals surface area contributed by atoms with Crippen LogP contribution in [0.4, 0.5) is 48.3 Å². The van der Waals surface area contributed by atoms with Gasteiger partial charge in [0.25, 0.3) is 0 Å². The third kappa shape index (κ3) is 4.89. The molecule has 0 aliphatic rings. The maximum absolute atomic E-state index is 13.4. The Bertz CT molecular complexity index is 484. The van der Waals surface area contributed by atoms with Crippen molar-refractivity contribution in [3.63, 3.8) is 0 Å². The Hall–Kier alpha value is -0.730. The summed E-state index contributed by atoms with van der Waals surface area (Å²) in [6.07, 6.45) is -23.0. The van der Waals surface area contributed by atoms with Crippen LogP contribution in [-0.2, 0) is 36.7 Å². The summed E-state index contributed by atoms with van der Waals surface area (Å²) in [5, 5.41) is 0. The van der Waals surface area contributed by atoms with E-state index in [1.807, 2.05) is 4.74 Å². The molecule has 0 fully saturated rings. The van der Waals surface area contributed by atoms with Gasteiger partial charge in [0.05, 0.1) is 6.42 Å². The number of ketones is 2. The van der Waals surface area contributed by atoms with Crippen LogP contribution in [0.3, 0.4) is 0 Å². The number of ether oxygens (including phenoxy) is 1. The largest absolute Gasteiger partial charge is 0.462 e. The van der Waals surface area contributed by atoms with Gasteiger partial charge in [-0.05, 0) is 6.92 Å². The second-order valence-electron chi connectivity index (χ2n) is 4.09. The van der Waals surface area contributed by atoms with Crippen LogP contribution in [0.2, 0.25) is 0 Å². The molecule has 1 atom stereocenters. The number of alkyl halides is 11. The molecule has 0 N–H and O–H groups in total. The molecular weight excluding hydrogens is 473 g/mol. The second-order valence-corrected chi connectivity index (χ2v) is 4.09. The predicted molar refractivity (Wildman–Crippen MR) is 47.2 cm³/mol. The first-order chi connectivity index (χ1) is 9.79. The molecule has 24 heavy (non-hydrogen) atoms. The Balaban J connectivity index is 0. The summed E-state index contributed by atoms with van der Waals surface area (Å²) in [6, 6.07) is 0. The molecule has 0 aromatic heterocycles. The minimum Gasteiger partial charge on any atom is -0.300 e. The number of carbonyl (C=O) groups excluding carboxylic acids is 2. The molecule has 0 aromatic rings. The molecule has 0 spiro atoms. The van der Waals surface area contributed by atoms with Crippen LogP contribution >= 0.6 is 0 Å². The van der Waals surface area contributed by atoms with Gasteiger partial charge in [0.2, 0.25) is 5.78 Å². The molecule has 0 rings (SSSR count). The van der Waals surface area contributed by atoms with Gasteiger partial charge < -0.3 is 0 Å². The van der Waals surface area contributed by atoms with Crippen molar-refractivity contribution in [1.29, 1.82) is 0 Å². The van der Waals surface area contributed by atoms with Crippen LogP contribution in [0.25, 0.3) is 0 Å². The van der Waals surface area contributed by atoms with Gasteiger partial charge >= 0.3 is 30.2 Å². The summed E-state index contributed by atoms with van der Waals surface area (Å²) >= 11 is 0. The van der Waals surface area contributed by atoms with Gasteiger partial charge in [0.1, 0.15) is 5.78 Å². The fraction of sp³-hybridized carbons (Fsp3) is 0.778. The summed E-state index contributed by atoms with van der Waals surface area (Å²) in [6.45, 7) is 0.400. The SMILES string of the molecule is CC(=O)CC(=O)C(F)(OC(F)(F)C(F)(F)C(F)(F)F)C(F)(F)F.[Ag]. The van der Waals surface area contributed by atoms with Crippen LogP contribution in [0.5, 0.6) is 0 Å². The first-order valence-corrected chi connectivity index (χ1v) is 5.10. The molecule has 0 saturated heterocycles. The molecule has 0 amide bonds. The zero-order valence-electron chi connectivity index (χ0n) is 10.9. The monoisotopic (exact) mass is 477 g/mol. The maximum Gasteiger partial charge on any atom is 0.462 e. The van der Waals surface area contributed by atoms with E-state index >= 15 is 0 Å². The molecule has 1 unspecified atom stereocenters. The number of carbonyl (C=O) groups is 2. The van der Waals surface area contributed by atoms with Gasteiger partial charge in [0.15, 0.2) is 0 Å². The first-order valence-electron chi connectivity index (χ1n) is 5.10. The van der Waals surface area contributed by atoms with E-state index in [9.17, 15) is 57.9 Å². The second kappa shape index (κ2) is 7.25. The van der Waals surface area contributed by atoms with E-state index in [4.69, 9.17) is 0 Å². The van der Waals surface area contributed by atoms with Crippen LogP contribution in [0.15, 0.2) is 0 Å². The van der Waals surface area contributed by atoms with Crippen molar-refractivity contribution in [2.75, 3.05) is 0 Å². The van der Waals surface area contributed by atoms with Gasteiger partial charge in [-0.3, -0.25) is 14.3 Å². The van der Waals surface area contributed by atoms with Gasteiger partial charge in [-0.15, -0.1) is 0 Å².